The number of carbonyl (C=O) groups excluding carboxylic acids is 2. The molecule has 0 heterocycles. The Labute approximate surface area is 494 Å². The maximum Gasteiger partial charge on any atom is 0.472 e. The summed E-state index contributed by atoms with van der Waals surface area (Å²) in [5.41, 5.74) is 0. The maximum absolute atomic E-state index is 12.8. The van der Waals surface area contributed by atoms with E-state index in [1.54, 1.807) is 0 Å². The molecule has 0 bridgehead atoms. The van der Waals surface area contributed by atoms with E-state index in [0.717, 1.165) is 83.5 Å². The van der Waals surface area contributed by atoms with Gasteiger partial charge in [-0.2, -0.15) is 0 Å². The summed E-state index contributed by atoms with van der Waals surface area (Å²) in [6.07, 6.45) is 82.6. The van der Waals surface area contributed by atoms with Gasteiger partial charge in [-0.15, -0.1) is 0 Å². The van der Waals surface area contributed by atoms with Crippen LogP contribution in [-0.2, 0) is 32.7 Å². The molecular formula is C70H127NO8P+. The molecule has 0 aromatic rings. The van der Waals surface area contributed by atoms with E-state index in [4.69, 9.17) is 18.5 Å². The van der Waals surface area contributed by atoms with Crippen molar-refractivity contribution in [1.82, 2.24) is 0 Å². The number of quaternary nitrogens is 1. The third-order valence-corrected chi connectivity index (χ3v) is 15.4. The summed E-state index contributed by atoms with van der Waals surface area (Å²) in [6.45, 7) is 4.31. The number of carbonyl (C=O) groups is 2. The van der Waals surface area contributed by atoms with Gasteiger partial charge in [0.05, 0.1) is 27.7 Å². The summed E-state index contributed by atoms with van der Waals surface area (Å²) in [6, 6.07) is 0. The highest BCUT2D eigenvalue weighted by Crippen LogP contribution is 2.43. The molecule has 0 amide bonds. The van der Waals surface area contributed by atoms with Crippen LogP contribution in [0.3, 0.4) is 0 Å². The van der Waals surface area contributed by atoms with Crippen LogP contribution in [0.15, 0.2) is 85.1 Å². The molecule has 1 N–H and O–H groups in total. The summed E-state index contributed by atoms with van der Waals surface area (Å²) in [4.78, 5) is 35.7. The number of phosphoric ester groups is 1. The number of ether oxygens (including phenoxy) is 2. The van der Waals surface area contributed by atoms with Crippen molar-refractivity contribution in [2.75, 3.05) is 47.5 Å². The van der Waals surface area contributed by atoms with Crippen LogP contribution in [0.1, 0.15) is 296 Å². The Kier molecular flexibility index (Phi) is 58.6. The van der Waals surface area contributed by atoms with E-state index in [1.165, 1.54) is 180 Å². The molecule has 2 unspecified atom stereocenters. The fourth-order valence-electron chi connectivity index (χ4n) is 9.31. The summed E-state index contributed by atoms with van der Waals surface area (Å²) < 4.78 is 34.6. The average molecular weight is 1140 g/mol. The Morgan fingerprint density at radius 1 is 0.400 bits per heavy atom. The Morgan fingerprint density at radius 3 is 1.06 bits per heavy atom. The highest BCUT2D eigenvalue weighted by molar-refractivity contribution is 7.47. The smallest absolute Gasteiger partial charge is 0.462 e. The fourth-order valence-corrected chi connectivity index (χ4v) is 10.1. The summed E-state index contributed by atoms with van der Waals surface area (Å²) in [5.74, 6) is -0.797. The standard InChI is InChI=1S/C70H126NO8P/c1-6-8-10-12-14-16-18-20-22-24-25-26-27-28-29-30-31-32-33-34-35-36-37-38-39-40-41-42-43-44-45-47-49-51-53-55-57-59-61-63-70(73)79-68(67-78-80(74,75)77-65-64-71(3,4)5)66-76-69(72)62-60-58-56-54-52-50-48-46-23-21-19-17-15-13-11-9-7-2/h8,10,14-17,20-23,25-26,28-29,68H,6-7,9,11-13,18-19,24,27,30-67H2,1-5H3/p+1/b10-8-,16-14-,17-15-,22-20-,23-21-,26-25-,29-28-. The number of likely N-dealkylation sites (N-methyl/N-ethyl adjacent to an activating group) is 1. The zero-order valence-electron chi connectivity index (χ0n) is 52.8. The van der Waals surface area contributed by atoms with Crippen molar-refractivity contribution in [2.24, 2.45) is 0 Å². The Hall–Kier alpha value is -2.81. The van der Waals surface area contributed by atoms with E-state index < -0.39 is 26.5 Å². The van der Waals surface area contributed by atoms with Crippen molar-refractivity contribution in [3.05, 3.63) is 85.1 Å². The largest absolute Gasteiger partial charge is 0.472 e. The minimum Gasteiger partial charge on any atom is -0.462 e. The van der Waals surface area contributed by atoms with E-state index in [2.05, 4.69) is 98.9 Å². The molecule has 464 valence electrons. The molecule has 0 aromatic carbocycles. The highest BCUT2D eigenvalue weighted by Gasteiger charge is 2.27. The molecule has 10 heteroatoms. The van der Waals surface area contributed by atoms with Gasteiger partial charge in [0, 0.05) is 12.8 Å². The van der Waals surface area contributed by atoms with Crippen LogP contribution >= 0.6 is 7.82 Å². The molecule has 0 spiro atoms. The van der Waals surface area contributed by atoms with Crippen LogP contribution in [0.2, 0.25) is 0 Å². The van der Waals surface area contributed by atoms with Crippen molar-refractivity contribution in [1.29, 1.82) is 0 Å². The van der Waals surface area contributed by atoms with Crippen molar-refractivity contribution < 1.29 is 42.1 Å². The summed E-state index contributed by atoms with van der Waals surface area (Å²) in [5, 5.41) is 0. The van der Waals surface area contributed by atoms with Gasteiger partial charge in [0.2, 0.25) is 0 Å². The highest BCUT2D eigenvalue weighted by atomic mass is 31.2. The van der Waals surface area contributed by atoms with Crippen molar-refractivity contribution in [2.45, 2.75) is 302 Å². The molecule has 0 rings (SSSR count). The van der Waals surface area contributed by atoms with Crippen molar-refractivity contribution >= 4 is 19.8 Å². The molecule has 0 aliphatic carbocycles. The first-order valence-electron chi connectivity index (χ1n) is 33.3. The second kappa shape index (κ2) is 60.8. The van der Waals surface area contributed by atoms with Crippen LogP contribution < -0.4 is 0 Å². The number of nitrogens with zero attached hydrogens (tertiary/aromatic N) is 1. The third kappa shape index (κ3) is 64.4. The van der Waals surface area contributed by atoms with Crippen LogP contribution in [0.4, 0.5) is 0 Å². The first-order chi connectivity index (χ1) is 39.0. The third-order valence-electron chi connectivity index (χ3n) is 14.4. The predicted octanol–water partition coefficient (Wildman–Crippen LogP) is 21.4. The van der Waals surface area contributed by atoms with Gasteiger partial charge >= 0.3 is 19.8 Å². The first-order valence-corrected chi connectivity index (χ1v) is 34.8. The van der Waals surface area contributed by atoms with Crippen LogP contribution in [0, 0.1) is 0 Å². The molecule has 80 heavy (non-hydrogen) atoms. The molecule has 0 fully saturated rings. The SMILES string of the molecule is CC/C=C\C/C=C\C/C=C\C/C=C\C/C=C\CCCCCCCCCCCCCCCCCCCCCCCCCC(=O)OC(COC(=O)CCCCCCCCC/C=C\C/C=C\CCCCC)COP(=O)(O)OCC[N+](C)(C)C. The van der Waals surface area contributed by atoms with Gasteiger partial charge in [0.1, 0.15) is 19.8 Å². The normalized spacial score (nSPS) is 13.7. The maximum atomic E-state index is 12.8. The van der Waals surface area contributed by atoms with Gasteiger partial charge in [0.15, 0.2) is 6.10 Å². The van der Waals surface area contributed by atoms with E-state index in [0.29, 0.717) is 17.4 Å². The summed E-state index contributed by atoms with van der Waals surface area (Å²) >= 11 is 0. The number of esters is 2. The van der Waals surface area contributed by atoms with E-state index in [1.807, 2.05) is 21.1 Å². The van der Waals surface area contributed by atoms with Gasteiger partial charge in [-0.3, -0.25) is 18.6 Å². The number of hydrogen-bond acceptors (Lipinski definition) is 7. The lowest BCUT2D eigenvalue weighted by atomic mass is 10.0. The minimum atomic E-state index is -4.39. The molecule has 0 aliphatic heterocycles. The van der Waals surface area contributed by atoms with Crippen LogP contribution in [0.25, 0.3) is 0 Å². The second-order valence-electron chi connectivity index (χ2n) is 23.5. The average Bonchev–Trinajstić information content (AvgIpc) is 3.42. The number of unbranched alkanes of at least 4 members (excludes halogenated alkanes) is 33. The van der Waals surface area contributed by atoms with Gasteiger partial charge in [-0.05, 0) is 89.9 Å². The lowest BCUT2D eigenvalue weighted by molar-refractivity contribution is -0.870. The van der Waals surface area contributed by atoms with Crippen molar-refractivity contribution in [3.8, 4) is 0 Å². The van der Waals surface area contributed by atoms with Gasteiger partial charge in [0.25, 0.3) is 0 Å². The molecule has 0 saturated heterocycles. The number of rotatable bonds is 61. The number of allylic oxidation sites excluding steroid dienone is 14. The predicted molar refractivity (Wildman–Crippen MR) is 344 cm³/mol. The Morgan fingerprint density at radius 2 is 0.713 bits per heavy atom. The van der Waals surface area contributed by atoms with Gasteiger partial charge < -0.3 is 18.9 Å². The van der Waals surface area contributed by atoms with E-state index >= 15 is 0 Å². The molecule has 9 nitrogen and oxygen atoms in total. The minimum absolute atomic E-state index is 0.0298. The molecular weight excluding hydrogens is 1010 g/mol. The van der Waals surface area contributed by atoms with E-state index in [-0.39, 0.29) is 32.0 Å². The van der Waals surface area contributed by atoms with E-state index in [9.17, 15) is 19.0 Å². The molecule has 0 aromatic heterocycles. The summed E-state index contributed by atoms with van der Waals surface area (Å²) in [7, 11) is 1.48. The van der Waals surface area contributed by atoms with Gasteiger partial charge in [-0.1, -0.05) is 279 Å². The van der Waals surface area contributed by atoms with Gasteiger partial charge in [-0.25, -0.2) is 4.57 Å². The molecule has 0 saturated carbocycles. The van der Waals surface area contributed by atoms with Crippen LogP contribution in [-0.4, -0.2) is 74.9 Å². The molecule has 0 aliphatic rings. The number of hydrogen-bond donors (Lipinski definition) is 1. The quantitative estimate of drug-likeness (QED) is 0.0211. The first kappa shape index (κ1) is 77.2. The monoisotopic (exact) mass is 1140 g/mol. The van der Waals surface area contributed by atoms with Crippen LogP contribution in [0.5, 0.6) is 0 Å². The number of phosphoric acid groups is 1. The Balaban J connectivity index is 3.94. The zero-order valence-corrected chi connectivity index (χ0v) is 53.7. The zero-order chi connectivity index (χ0) is 58.4. The topological polar surface area (TPSA) is 108 Å². The molecule has 2 atom stereocenters. The fraction of sp³-hybridized carbons (Fsp3) is 0.771. The Bertz CT molecular complexity index is 1630. The van der Waals surface area contributed by atoms with Crippen molar-refractivity contribution in [3.63, 3.8) is 0 Å². The second-order valence-corrected chi connectivity index (χ2v) is 24.9. The lowest BCUT2D eigenvalue weighted by Crippen LogP contribution is -2.37. The molecule has 0 radical (unpaired) electrons. The lowest BCUT2D eigenvalue weighted by Gasteiger charge is -2.24.